The van der Waals surface area contributed by atoms with Crippen LogP contribution >= 0.6 is 0 Å². The minimum absolute atomic E-state index is 0.525. The Bertz CT molecular complexity index is 552. The Morgan fingerprint density at radius 1 is 1.50 bits per heavy atom. The fourth-order valence-electron chi connectivity index (χ4n) is 1.94. The molecule has 2 aromatic rings. The Morgan fingerprint density at radius 2 is 2.40 bits per heavy atom. The van der Waals surface area contributed by atoms with E-state index in [1.54, 1.807) is 6.26 Å². The van der Waals surface area contributed by atoms with Crippen LogP contribution in [0.4, 0.5) is 0 Å². The Labute approximate surface area is 118 Å². The maximum absolute atomic E-state index is 8.86. The molecule has 2 heterocycles. The van der Waals surface area contributed by atoms with Crippen LogP contribution in [0.5, 0.6) is 0 Å². The van der Waals surface area contributed by atoms with E-state index in [9.17, 15) is 0 Å². The van der Waals surface area contributed by atoms with Gasteiger partial charge in [-0.05, 0) is 36.7 Å². The smallest absolute Gasteiger partial charge is 0.129 e. The second-order valence-electron chi connectivity index (χ2n) is 4.62. The van der Waals surface area contributed by atoms with E-state index in [1.165, 1.54) is 0 Å². The highest BCUT2D eigenvalue weighted by Crippen LogP contribution is 2.05. The summed E-state index contributed by atoms with van der Waals surface area (Å²) in [4.78, 5) is 0. The molecule has 0 aromatic carbocycles. The number of hydrogen-bond acceptors (Lipinski definition) is 4. The second-order valence-corrected chi connectivity index (χ2v) is 4.62. The standard InChI is InChI=1S/C15H19N3O2/c1-18-11-13(8-14(18)9-16)10-17-5-3-6-19-12-15-4-2-7-20-15/h2,4,7-8,11,17H,3,5-6,10,12H2,1H3. The maximum atomic E-state index is 8.86. The van der Waals surface area contributed by atoms with Gasteiger partial charge in [-0.1, -0.05) is 0 Å². The summed E-state index contributed by atoms with van der Waals surface area (Å²) in [6.45, 7) is 2.88. The van der Waals surface area contributed by atoms with E-state index in [0.717, 1.165) is 30.8 Å². The summed E-state index contributed by atoms with van der Waals surface area (Å²) < 4.78 is 12.5. The van der Waals surface area contributed by atoms with Crippen LogP contribution in [0.25, 0.3) is 0 Å². The zero-order chi connectivity index (χ0) is 14.2. The third-order valence-electron chi connectivity index (χ3n) is 2.97. The number of ether oxygens (including phenoxy) is 1. The molecule has 0 bridgehead atoms. The van der Waals surface area contributed by atoms with E-state index in [-0.39, 0.29) is 0 Å². The van der Waals surface area contributed by atoms with Crippen LogP contribution in [0.15, 0.2) is 35.1 Å². The van der Waals surface area contributed by atoms with Gasteiger partial charge in [0.25, 0.3) is 0 Å². The van der Waals surface area contributed by atoms with Crippen LogP contribution < -0.4 is 5.32 Å². The summed E-state index contributed by atoms with van der Waals surface area (Å²) in [5.41, 5.74) is 1.81. The summed E-state index contributed by atoms with van der Waals surface area (Å²) in [5, 5.41) is 12.2. The van der Waals surface area contributed by atoms with Crippen molar-refractivity contribution in [3.8, 4) is 6.07 Å². The van der Waals surface area contributed by atoms with Crippen LogP contribution in [-0.4, -0.2) is 17.7 Å². The zero-order valence-corrected chi connectivity index (χ0v) is 11.6. The van der Waals surface area contributed by atoms with Crippen LogP contribution in [0.1, 0.15) is 23.4 Å². The number of aryl methyl sites for hydroxylation is 1. The van der Waals surface area contributed by atoms with Crippen molar-refractivity contribution in [2.45, 2.75) is 19.6 Å². The molecule has 0 fully saturated rings. The highest BCUT2D eigenvalue weighted by atomic mass is 16.5. The highest BCUT2D eigenvalue weighted by molar-refractivity contribution is 5.28. The van der Waals surface area contributed by atoms with Gasteiger partial charge in [0.1, 0.15) is 24.1 Å². The molecule has 0 saturated heterocycles. The van der Waals surface area contributed by atoms with E-state index in [2.05, 4.69) is 11.4 Å². The Kier molecular flexibility index (Phi) is 5.42. The van der Waals surface area contributed by atoms with Crippen LogP contribution in [-0.2, 0) is 24.9 Å². The number of nitriles is 1. The van der Waals surface area contributed by atoms with Crippen LogP contribution in [0.3, 0.4) is 0 Å². The fourth-order valence-corrected chi connectivity index (χ4v) is 1.94. The van der Waals surface area contributed by atoms with Crippen molar-refractivity contribution in [3.63, 3.8) is 0 Å². The first-order valence-electron chi connectivity index (χ1n) is 6.66. The molecule has 0 aliphatic heterocycles. The van der Waals surface area contributed by atoms with Crippen LogP contribution in [0.2, 0.25) is 0 Å². The first-order chi connectivity index (χ1) is 9.79. The minimum atomic E-state index is 0.525. The topological polar surface area (TPSA) is 63.1 Å². The summed E-state index contributed by atoms with van der Waals surface area (Å²) in [6.07, 6.45) is 4.56. The Morgan fingerprint density at radius 3 is 3.10 bits per heavy atom. The zero-order valence-electron chi connectivity index (χ0n) is 11.6. The van der Waals surface area contributed by atoms with Gasteiger partial charge < -0.3 is 19.0 Å². The molecule has 0 aliphatic rings. The summed E-state index contributed by atoms with van der Waals surface area (Å²) in [7, 11) is 1.88. The summed E-state index contributed by atoms with van der Waals surface area (Å²) >= 11 is 0. The van der Waals surface area contributed by atoms with Crippen molar-refractivity contribution in [1.29, 1.82) is 5.26 Å². The molecule has 0 unspecified atom stereocenters. The molecule has 5 heteroatoms. The van der Waals surface area contributed by atoms with E-state index in [1.807, 2.05) is 36.0 Å². The van der Waals surface area contributed by atoms with Crippen molar-refractivity contribution in [1.82, 2.24) is 9.88 Å². The molecule has 0 atom stereocenters. The van der Waals surface area contributed by atoms with Gasteiger partial charge in [0.05, 0.1) is 6.26 Å². The van der Waals surface area contributed by atoms with Crippen molar-refractivity contribution in [2.24, 2.45) is 7.05 Å². The number of nitrogens with one attached hydrogen (secondary N) is 1. The third-order valence-corrected chi connectivity index (χ3v) is 2.97. The molecule has 20 heavy (non-hydrogen) atoms. The number of rotatable bonds is 8. The van der Waals surface area contributed by atoms with Gasteiger partial charge in [0.2, 0.25) is 0 Å². The van der Waals surface area contributed by atoms with E-state index >= 15 is 0 Å². The monoisotopic (exact) mass is 273 g/mol. The molecular formula is C15H19N3O2. The number of aromatic nitrogens is 1. The summed E-state index contributed by atoms with van der Waals surface area (Å²) in [6, 6.07) is 7.82. The lowest BCUT2D eigenvalue weighted by molar-refractivity contribution is 0.104. The largest absolute Gasteiger partial charge is 0.467 e. The Hall–Kier alpha value is -2.03. The SMILES string of the molecule is Cn1cc(CNCCCOCc2ccco2)cc1C#N. The number of nitrogens with zero attached hydrogens (tertiary/aromatic N) is 2. The van der Waals surface area contributed by atoms with E-state index < -0.39 is 0 Å². The van der Waals surface area contributed by atoms with Gasteiger partial charge in [-0.2, -0.15) is 5.26 Å². The normalized spacial score (nSPS) is 10.6. The fraction of sp³-hybridized carbons (Fsp3) is 0.400. The van der Waals surface area contributed by atoms with Crippen molar-refractivity contribution >= 4 is 0 Å². The number of hydrogen-bond donors (Lipinski definition) is 1. The van der Waals surface area contributed by atoms with Crippen molar-refractivity contribution in [2.75, 3.05) is 13.2 Å². The van der Waals surface area contributed by atoms with Gasteiger partial charge in [-0.3, -0.25) is 0 Å². The second kappa shape index (κ2) is 7.53. The molecule has 106 valence electrons. The van der Waals surface area contributed by atoms with Crippen molar-refractivity contribution < 1.29 is 9.15 Å². The predicted molar refractivity (Wildman–Crippen MR) is 74.8 cm³/mol. The van der Waals surface area contributed by atoms with Crippen LogP contribution in [0, 0.1) is 11.3 Å². The van der Waals surface area contributed by atoms with Gasteiger partial charge in [0.15, 0.2) is 0 Å². The Balaban J connectivity index is 1.54. The molecular weight excluding hydrogens is 254 g/mol. The molecule has 2 aromatic heterocycles. The van der Waals surface area contributed by atoms with Gasteiger partial charge in [-0.25, -0.2) is 0 Å². The predicted octanol–water partition coefficient (Wildman–Crippen LogP) is 2.19. The van der Waals surface area contributed by atoms with E-state index in [0.29, 0.717) is 18.9 Å². The molecule has 5 nitrogen and oxygen atoms in total. The molecule has 2 rings (SSSR count). The molecule has 0 saturated carbocycles. The first-order valence-corrected chi connectivity index (χ1v) is 6.66. The lowest BCUT2D eigenvalue weighted by Gasteiger charge is -2.04. The highest BCUT2D eigenvalue weighted by Gasteiger charge is 2.01. The molecule has 0 spiro atoms. The molecule has 0 aliphatic carbocycles. The molecule has 1 N–H and O–H groups in total. The van der Waals surface area contributed by atoms with Gasteiger partial charge in [-0.15, -0.1) is 0 Å². The van der Waals surface area contributed by atoms with E-state index in [4.69, 9.17) is 14.4 Å². The average Bonchev–Trinajstić information content (AvgIpc) is 3.07. The minimum Gasteiger partial charge on any atom is -0.467 e. The lowest BCUT2D eigenvalue weighted by atomic mass is 10.3. The van der Waals surface area contributed by atoms with Gasteiger partial charge >= 0.3 is 0 Å². The molecule has 0 amide bonds. The molecule has 0 radical (unpaired) electrons. The maximum Gasteiger partial charge on any atom is 0.129 e. The van der Waals surface area contributed by atoms with Gasteiger partial charge in [0, 0.05) is 26.4 Å². The lowest BCUT2D eigenvalue weighted by Crippen LogP contribution is -2.16. The average molecular weight is 273 g/mol. The first kappa shape index (κ1) is 14.4. The summed E-state index contributed by atoms with van der Waals surface area (Å²) in [5.74, 6) is 0.853. The quantitative estimate of drug-likeness (QED) is 0.749. The van der Waals surface area contributed by atoms with Crippen molar-refractivity contribution in [3.05, 3.63) is 47.7 Å². The third kappa shape index (κ3) is 4.26. The number of furan rings is 1.